The van der Waals surface area contributed by atoms with Gasteiger partial charge in [-0.2, -0.15) is 8.78 Å². The zero-order valence-corrected chi connectivity index (χ0v) is 12.5. The molecule has 3 aliphatic heterocycles. The number of alkyl halides is 2. The van der Waals surface area contributed by atoms with Crippen LogP contribution in [0.2, 0.25) is 0 Å². The Bertz CT molecular complexity index is 553. The highest BCUT2D eigenvalue weighted by Gasteiger charge is 2.34. The SMILES string of the molecule is CN1C[C@@H]2CC[C@H]1CN(C(=O)c1cccc(OC(F)F)c1)C2. The fourth-order valence-electron chi connectivity index (χ4n) is 3.47. The molecule has 6 heteroatoms. The van der Waals surface area contributed by atoms with Crippen LogP contribution in [-0.2, 0) is 0 Å². The molecule has 2 atom stereocenters. The second kappa shape index (κ2) is 6.20. The molecule has 0 N–H and O–H groups in total. The normalized spacial score (nSPS) is 25.4. The highest BCUT2D eigenvalue weighted by atomic mass is 19.3. The number of likely N-dealkylation sites (N-methyl/N-ethyl adjacent to an activating group) is 1. The van der Waals surface area contributed by atoms with Crippen molar-refractivity contribution in [3.05, 3.63) is 29.8 Å². The molecule has 3 aliphatic rings. The topological polar surface area (TPSA) is 32.8 Å². The average Bonchev–Trinajstić information content (AvgIpc) is 2.77. The lowest BCUT2D eigenvalue weighted by atomic mass is 9.96. The van der Waals surface area contributed by atoms with Gasteiger partial charge in [-0.3, -0.25) is 4.79 Å². The molecule has 4 nitrogen and oxygen atoms in total. The van der Waals surface area contributed by atoms with Gasteiger partial charge in [0.1, 0.15) is 5.75 Å². The summed E-state index contributed by atoms with van der Waals surface area (Å²) in [6.45, 7) is -0.429. The monoisotopic (exact) mass is 310 g/mol. The lowest BCUT2D eigenvalue weighted by Crippen LogP contribution is -2.41. The number of halogens is 2. The number of carbonyl (C=O) groups is 1. The van der Waals surface area contributed by atoms with Crippen molar-refractivity contribution in [2.75, 3.05) is 26.7 Å². The summed E-state index contributed by atoms with van der Waals surface area (Å²) in [5.41, 5.74) is 0.405. The largest absolute Gasteiger partial charge is 0.435 e. The number of hydrogen-bond acceptors (Lipinski definition) is 3. The fraction of sp³-hybridized carbons (Fsp3) is 0.562. The van der Waals surface area contributed by atoms with Crippen LogP contribution in [0.3, 0.4) is 0 Å². The number of ether oxygens (including phenoxy) is 1. The van der Waals surface area contributed by atoms with Crippen LogP contribution in [0.15, 0.2) is 24.3 Å². The second-order valence-electron chi connectivity index (χ2n) is 6.15. The molecule has 0 unspecified atom stereocenters. The van der Waals surface area contributed by atoms with Gasteiger partial charge in [-0.25, -0.2) is 0 Å². The van der Waals surface area contributed by atoms with Crippen LogP contribution in [0.4, 0.5) is 8.78 Å². The Morgan fingerprint density at radius 2 is 2.09 bits per heavy atom. The first-order valence-corrected chi connectivity index (χ1v) is 7.57. The summed E-state index contributed by atoms with van der Waals surface area (Å²) in [5, 5.41) is 0. The second-order valence-corrected chi connectivity index (χ2v) is 6.15. The van der Waals surface area contributed by atoms with E-state index < -0.39 is 6.61 Å². The number of amides is 1. The molecule has 22 heavy (non-hydrogen) atoms. The minimum Gasteiger partial charge on any atom is -0.435 e. The quantitative estimate of drug-likeness (QED) is 0.860. The summed E-state index contributed by atoms with van der Waals surface area (Å²) in [7, 11) is 2.10. The van der Waals surface area contributed by atoms with Gasteiger partial charge in [-0.05, 0) is 44.0 Å². The van der Waals surface area contributed by atoms with E-state index in [1.54, 1.807) is 12.1 Å². The van der Waals surface area contributed by atoms with E-state index in [0.717, 1.165) is 25.9 Å². The molecule has 3 fully saturated rings. The summed E-state index contributed by atoms with van der Waals surface area (Å²) in [6, 6.07) is 6.44. The number of piperidine rings is 1. The molecule has 0 aliphatic carbocycles. The fourth-order valence-corrected chi connectivity index (χ4v) is 3.47. The van der Waals surface area contributed by atoms with E-state index in [1.807, 2.05) is 4.90 Å². The van der Waals surface area contributed by atoms with Crippen molar-refractivity contribution in [3.8, 4) is 5.75 Å². The van der Waals surface area contributed by atoms with Crippen molar-refractivity contribution in [1.82, 2.24) is 9.80 Å². The van der Waals surface area contributed by atoms with E-state index in [-0.39, 0.29) is 11.7 Å². The molecule has 0 spiro atoms. The average molecular weight is 310 g/mol. The number of rotatable bonds is 3. The Hall–Kier alpha value is -1.69. The van der Waals surface area contributed by atoms with Crippen molar-refractivity contribution in [2.24, 2.45) is 5.92 Å². The first-order valence-electron chi connectivity index (χ1n) is 7.57. The lowest BCUT2D eigenvalue weighted by Gasteiger charge is -2.32. The molecule has 1 aromatic carbocycles. The molecule has 3 heterocycles. The molecule has 4 rings (SSSR count). The van der Waals surface area contributed by atoms with Crippen LogP contribution in [0, 0.1) is 5.92 Å². The maximum absolute atomic E-state index is 12.7. The highest BCUT2D eigenvalue weighted by molar-refractivity contribution is 5.94. The summed E-state index contributed by atoms with van der Waals surface area (Å²) in [4.78, 5) is 16.9. The summed E-state index contributed by atoms with van der Waals surface area (Å²) >= 11 is 0. The van der Waals surface area contributed by atoms with Crippen LogP contribution in [0.25, 0.3) is 0 Å². The third-order valence-corrected chi connectivity index (χ3v) is 4.58. The minimum absolute atomic E-state index is 0.0239. The Kier molecular flexibility index (Phi) is 4.29. The van der Waals surface area contributed by atoms with E-state index in [2.05, 4.69) is 16.7 Å². The van der Waals surface area contributed by atoms with Gasteiger partial charge in [0.15, 0.2) is 0 Å². The molecule has 1 amide bonds. The maximum Gasteiger partial charge on any atom is 0.387 e. The van der Waals surface area contributed by atoms with Crippen LogP contribution in [0.1, 0.15) is 23.2 Å². The van der Waals surface area contributed by atoms with Gasteiger partial charge in [-0.1, -0.05) is 6.07 Å². The highest BCUT2D eigenvalue weighted by Crippen LogP contribution is 2.28. The van der Waals surface area contributed by atoms with E-state index >= 15 is 0 Å². The summed E-state index contributed by atoms with van der Waals surface area (Å²) < 4.78 is 29.0. The smallest absolute Gasteiger partial charge is 0.387 e. The van der Waals surface area contributed by atoms with Crippen molar-refractivity contribution in [3.63, 3.8) is 0 Å². The summed E-state index contributed by atoms with van der Waals surface area (Å²) in [6.07, 6.45) is 2.26. The zero-order valence-electron chi connectivity index (χ0n) is 12.5. The van der Waals surface area contributed by atoms with E-state index in [1.165, 1.54) is 12.1 Å². The predicted molar refractivity (Wildman–Crippen MR) is 78.1 cm³/mol. The van der Waals surface area contributed by atoms with Crippen LogP contribution >= 0.6 is 0 Å². The first-order chi connectivity index (χ1) is 10.5. The molecule has 1 aromatic rings. The molecule has 0 saturated carbocycles. The Morgan fingerprint density at radius 3 is 2.82 bits per heavy atom. The third-order valence-electron chi connectivity index (χ3n) is 4.58. The Balaban J connectivity index is 1.76. The first kappa shape index (κ1) is 15.2. The third kappa shape index (κ3) is 3.21. The molecular weight excluding hydrogens is 290 g/mol. The molecule has 3 saturated heterocycles. The van der Waals surface area contributed by atoms with Crippen molar-refractivity contribution in [1.29, 1.82) is 0 Å². The lowest BCUT2D eigenvalue weighted by molar-refractivity contribution is -0.0499. The van der Waals surface area contributed by atoms with Gasteiger partial charge in [0, 0.05) is 31.2 Å². The van der Waals surface area contributed by atoms with Crippen molar-refractivity contribution in [2.45, 2.75) is 25.5 Å². The number of nitrogens with zero attached hydrogens (tertiary/aromatic N) is 2. The molecule has 2 bridgehead atoms. The van der Waals surface area contributed by atoms with Gasteiger partial charge in [-0.15, -0.1) is 0 Å². The predicted octanol–water partition coefficient (Wildman–Crippen LogP) is 2.45. The molecule has 0 radical (unpaired) electrons. The van der Waals surface area contributed by atoms with Crippen molar-refractivity contribution >= 4 is 5.91 Å². The van der Waals surface area contributed by atoms with E-state index in [0.29, 0.717) is 24.1 Å². The van der Waals surface area contributed by atoms with Gasteiger partial charge in [0.05, 0.1) is 0 Å². The standard InChI is InChI=1S/C16H20F2N2O2/c1-19-8-11-5-6-13(19)10-20(9-11)15(21)12-3-2-4-14(7-12)22-16(17)18/h2-4,7,11,13,16H,5-6,8-10H2,1H3/t11-,13-/m0/s1. The maximum atomic E-state index is 12.7. The van der Waals surface area contributed by atoms with Gasteiger partial charge < -0.3 is 14.5 Å². The zero-order chi connectivity index (χ0) is 15.7. The van der Waals surface area contributed by atoms with Gasteiger partial charge in [0.2, 0.25) is 0 Å². The number of carbonyl (C=O) groups excluding carboxylic acids is 1. The molecular formula is C16H20F2N2O2. The Morgan fingerprint density at radius 1 is 1.27 bits per heavy atom. The molecule has 120 valence electrons. The minimum atomic E-state index is -2.88. The van der Waals surface area contributed by atoms with Gasteiger partial charge in [0.25, 0.3) is 5.91 Å². The van der Waals surface area contributed by atoms with Crippen LogP contribution < -0.4 is 4.74 Å². The Labute approximate surface area is 128 Å². The number of benzene rings is 1. The number of fused-ring (bicyclic) bond motifs is 4. The van der Waals surface area contributed by atoms with E-state index in [9.17, 15) is 13.6 Å². The van der Waals surface area contributed by atoms with Crippen LogP contribution in [-0.4, -0.2) is 55.0 Å². The van der Waals surface area contributed by atoms with Crippen LogP contribution in [0.5, 0.6) is 5.75 Å². The number of hydrogen-bond donors (Lipinski definition) is 0. The molecule has 0 aromatic heterocycles. The van der Waals surface area contributed by atoms with Crippen molar-refractivity contribution < 1.29 is 18.3 Å². The van der Waals surface area contributed by atoms with Gasteiger partial charge >= 0.3 is 6.61 Å². The van der Waals surface area contributed by atoms with E-state index in [4.69, 9.17) is 0 Å². The summed E-state index contributed by atoms with van der Waals surface area (Å²) in [5.74, 6) is 0.413.